The molecule has 2 aromatic rings. The van der Waals surface area contributed by atoms with E-state index in [1.807, 2.05) is 12.1 Å². The lowest BCUT2D eigenvalue weighted by Gasteiger charge is -2.07. The Morgan fingerprint density at radius 2 is 1.85 bits per heavy atom. The summed E-state index contributed by atoms with van der Waals surface area (Å²) in [4.78, 5) is 0. The molecule has 0 amide bonds. The minimum Gasteiger partial charge on any atom is -0.494 e. The van der Waals surface area contributed by atoms with E-state index in [2.05, 4.69) is 24.3 Å². The van der Waals surface area contributed by atoms with Crippen LogP contribution in [0.25, 0.3) is 0 Å². The lowest BCUT2D eigenvalue weighted by Crippen LogP contribution is -1.98. The summed E-state index contributed by atoms with van der Waals surface area (Å²) in [5.74, 6) is 0.716. The molecule has 0 radical (unpaired) electrons. The second kappa shape index (κ2) is 7.57. The van der Waals surface area contributed by atoms with E-state index in [9.17, 15) is 0 Å². The van der Waals surface area contributed by atoms with Crippen LogP contribution in [0, 0.1) is 11.3 Å². The molecule has 0 fully saturated rings. The van der Waals surface area contributed by atoms with Crippen LogP contribution in [-0.4, -0.2) is 6.61 Å². The number of rotatable bonds is 6. The molecule has 0 bridgehead atoms. The first-order valence-corrected chi connectivity index (χ1v) is 7.04. The molecular formula is C17H16ClNO. The molecule has 2 rings (SSSR count). The molecule has 0 aliphatic heterocycles. The maximum absolute atomic E-state index is 8.79. The van der Waals surface area contributed by atoms with Crippen molar-refractivity contribution in [3.05, 3.63) is 64.7 Å². The minimum atomic E-state index is 0.439. The van der Waals surface area contributed by atoms with Crippen molar-refractivity contribution in [2.24, 2.45) is 0 Å². The van der Waals surface area contributed by atoms with Crippen LogP contribution in [0.15, 0.2) is 48.5 Å². The molecule has 0 heterocycles. The highest BCUT2D eigenvalue weighted by molar-refractivity contribution is 6.31. The van der Waals surface area contributed by atoms with Gasteiger partial charge in [-0.1, -0.05) is 41.9 Å². The molecule has 0 saturated carbocycles. The van der Waals surface area contributed by atoms with Gasteiger partial charge in [0.05, 0.1) is 17.2 Å². The number of hydrogen-bond donors (Lipinski definition) is 0. The normalized spacial score (nSPS) is 10.0. The number of nitrogens with zero attached hydrogens (tertiary/aromatic N) is 1. The van der Waals surface area contributed by atoms with E-state index < -0.39 is 0 Å². The average molecular weight is 286 g/mol. The molecule has 0 aromatic heterocycles. The van der Waals surface area contributed by atoms with Gasteiger partial charge in [-0.2, -0.15) is 5.26 Å². The second-order valence-corrected chi connectivity index (χ2v) is 4.95. The van der Waals surface area contributed by atoms with Crippen LogP contribution in [0.1, 0.15) is 24.0 Å². The quantitative estimate of drug-likeness (QED) is 0.726. The number of benzene rings is 2. The standard InChI is InChI=1S/C17H16ClNO/c18-17-12-16(10-9-15(17)13-19)20-11-5-4-8-14-6-2-1-3-7-14/h1-3,6-7,9-10,12H,4-5,8,11H2. The highest BCUT2D eigenvalue weighted by atomic mass is 35.5. The van der Waals surface area contributed by atoms with Crippen molar-refractivity contribution in [2.45, 2.75) is 19.3 Å². The van der Waals surface area contributed by atoms with Gasteiger partial charge in [0.15, 0.2) is 0 Å². The number of hydrogen-bond acceptors (Lipinski definition) is 2. The van der Waals surface area contributed by atoms with Crippen LogP contribution in [0.2, 0.25) is 5.02 Å². The minimum absolute atomic E-state index is 0.439. The van der Waals surface area contributed by atoms with Gasteiger partial charge in [-0.15, -0.1) is 0 Å². The number of ether oxygens (including phenoxy) is 1. The summed E-state index contributed by atoms with van der Waals surface area (Å²) in [6.45, 7) is 0.662. The highest BCUT2D eigenvalue weighted by Gasteiger charge is 2.01. The van der Waals surface area contributed by atoms with Gasteiger partial charge in [0.2, 0.25) is 0 Å². The lowest BCUT2D eigenvalue weighted by molar-refractivity contribution is 0.307. The second-order valence-electron chi connectivity index (χ2n) is 4.54. The van der Waals surface area contributed by atoms with Gasteiger partial charge in [0.25, 0.3) is 0 Å². The van der Waals surface area contributed by atoms with Gasteiger partial charge in [0, 0.05) is 6.07 Å². The Morgan fingerprint density at radius 3 is 2.55 bits per heavy atom. The van der Waals surface area contributed by atoms with Gasteiger partial charge >= 0.3 is 0 Å². The van der Waals surface area contributed by atoms with Crippen molar-refractivity contribution in [1.29, 1.82) is 5.26 Å². The van der Waals surface area contributed by atoms with E-state index >= 15 is 0 Å². The number of aryl methyl sites for hydroxylation is 1. The number of nitriles is 1. The third-order valence-electron chi connectivity index (χ3n) is 3.03. The zero-order valence-corrected chi connectivity index (χ0v) is 11.9. The van der Waals surface area contributed by atoms with Crippen LogP contribution >= 0.6 is 11.6 Å². The Morgan fingerprint density at radius 1 is 1.05 bits per heavy atom. The van der Waals surface area contributed by atoms with Crippen LogP contribution < -0.4 is 4.74 Å². The Balaban J connectivity index is 1.71. The molecule has 0 atom stereocenters. The molecule has 0 unspecified atom stereocenters. The molecule has 0 N–H and O–H groups in total. The molecule has 0 saturated heterocycles. The molecule has 0 aliphatic rings. The summed E-state index contributed by atoms with van der Waals surface area (Å²) in [6.07, 6.45) is 3.15. The molecule has 3 heteroatoms. The molecule has 2 nitrogen and oxygen atoms in total. The Labute approximate surface area is 124 Å². The van der Waals surface area contributed by atoms with Crippen molar-refractivity contribution in [1.82, 2.24) is 0 Å². The number of halogens is 1. The van der Waals surface area contributed by atoms with Crippen LogP contribution in [0.3, 0.4) is 0 Å². The first-order chi connectivity index (χ1) is 9.79. The van der Waals surface area contributed by atoms with Crippen molar-refractivity contribution in [3.8, 4) is 11.8 Å². The zero-order valence-electron chi connectivity index (χ0n) is 11.2. The van der Waals surface area contributed by atoms with Crippen LogP contribution in [0.4, 0.5) is 0 Å². The van der Waals surface area contributed by atoms with Gasteiger partial charge in [-0.25, -0.2) is 0 Å². The SMILES string of the molecule is N#Cc1ccc(OCCCCc2ccccc2)cc1Cl. The Kier molecular flexibility index (Phi) is 5.46. The highest BCUT2D eigenvalue weighted by Crippen LogP contribution is 2.22. The zero-order chi connectivity index (χ0) is 14.2. The van der Waals surface area contributed by atoms with E-state index in [0.717, 1.165) is 19.3 Å². The molecule has 102 valence electrons. The maximum atomic E-state index is 8.79. The van der Waals surface area contributed by atoms with Crippen LogP contribution in [-0.2, 0) is 6.42 Å². The molecule has 20 heavy (non-hydrogen) atoms. The molecule has 2 aromatic carbocycles. The predicted octanol–water partition coefficient (Wildman–Crippen LogP) is 4.61. The maximum Gasteiger partial charge on any atom is 0.120 e. The summed E-state index contributed by atoms with van der Waals surface area (Å²) in [5.41, 5.74) is 1.83. The van der Waals surface area contributed by atoms with Gasteiger partial charge in [-0.05, 0) is 37.0 Å². The first kappa shape index (κ1) is 14.4. The van der Waals surface area contributed by atoms with Gasteiger partial charge in [-0.3, -0.25) is 0 Å². The summed E-state index contributed by atoms with van der Waals surface area (Å²) in [7, 11) is 0. The summed E-state index contributed by atoms with van der Waals surface area (Å²) in [6, 6.07) is 17.6. The van der Waals surface area contributed by atoms with Crippen LogP contribution in [0.5, 0.6) is 5.75 Å². The van der Waals surface area contributed by atoms with Gasteiger partial charge in [0.1, 0.15) is 11.8 Å². The van der Waals surface area contributed by atoms with Crippen molar-refractivity contribution < 1.29 is 4.74 Å². The summed E-state index contributed by atoms with van der Waals surface area (Å²) < 4.78 is 5.63. The monoisotopic (exact) mass is 285 g/mol. The van der Waals surface area contributed by atoms with E-state index in [-0.39, 0.29) is 0 Å². The summed E-state index contributed by atoms with van der Waals surface area (Å²) in [5, 5.41) is 9.23. The number of unbranched alkanes of at least 4 members (excludes halogenated alkanes) is 1. The molecular weight excluding hydrogens is 270 g/mol. The first-order valence-electron chi connectivity index (χ1n) is 6.66. The fourth-order valence-electron chi connectivity index (χ4n) is 1.94. The lowest BCUT2D eigenvalue weighted by atomic mass is 10.1. The van der Waals surface area contributed by atoms with E-state index in [0.29, 0.717) is 22.9 Å². The van der Waals surface area contributed by atoms with Crippen molar-refractivity contribution in [3.63, 3.8) is 0 Å². The fourth-order valence-corrected chi connectivity index (χ4v) is 2.15. The summed E-state index contributed by atoms with van der Waals surface area (Å²) >= 11 is 5.95. The third-order valence-corrected chi connectivity index (χ3v) is 3.35. The largest absolute Gasteiger partial charge is 0.494 e. The predicted molar refractivity (Wildman–Crippen MR) is 81.0 cm³/mol. The third kappa shape index (κ3) is 4.29. The van der Waals surface area contributed by atoms with Crippen molar-refractivity contribution in [2.75, 3.05) is 6.61 Å². The fraction of sp³-hybridized carbons (Fsp3) is 0.235. The molecule has 0 aliphatic carbocycles. The van der Waals surface area contributed by atoms with E-state index in [4.69, 9.17) is 21.6 Å². The van der Waals surface area contributed by atoms with E-state index in [1.165, 1.54) is 5.56 Å². The smallest absolute Gasteiger partial charge is 0.120 e. The molecule has 0 spiro atoms. The van der Waals surface area contributed by atoms with Gasteiger partial charge < -0.3 is 4.74 Å². The van der Waals surface area contributed by atoms with E-state index in [1.54, 1.807) is 18.2 Å². The Bertz CT molecular complexity index is 590. The topological polar surface area (TPSA) is 33.0 Å². The Hall–Kier alpha value is -1.98. The van der Waals surface area contributed by atoms with Crippen molar-refractivity contribution >= 4 is 11.6 Å². The average Bonchev–Trinajstić information content (AvgIpc) is 2.48.